The molecule has 1 aromatic rings. The smallest absolute Gasteiger partial charge is 0.508 e. The van der Waals surface area contributed by atoms with Crippen molar-refractivity contribution in [3.63, 3.8) is 0 Å². The first-order valence-corrected chi connectivity index (χ1v) is 13.3. The molecule has 2 fully saturated rings. The minimum atomic E-state index is -5.23. The van der Waals surface area contributed by atoms with Crippen molar-refractivity contribution in [3.8, 4) is 11.5 Å². The Kier molecular flexibility index (Phi) is 7.22. The number of ether oxygens (including phenoxy) is 1. The molecule has 0 unspecified atom stereocenters. The fourth-order valence-corrected chi connectivity index (χ4v) is 6.31. The topological polar surface area (TPSA) is 212 Å². The number of aliphatic hydroxyl groups is 3. The first-order chi connectivity index (χ1) is 20.0. The Bertz CT molecular complexity index is 1520. The molecule has 8 N–H and O–H groups in total. The molecular weight excluding hydrogens is 581 g/mol. The van der Waals surface area contributed by atoms with Gasteiger partial charge in [0.05, 0.1) is 23.8 Å². The molecule has 1 aromatic carbocycles. The summed E-state index contributed by atoms with van der Waals surface area (Å²) in [5.41, 5.74) is -0.784. The highest BCUT2D eigenvalue weighted by molar-refractivity contribution is 6.24. The van der Waals surface area contributed by atoms with Gasteiger partial charge >= 0.3 is 6.36 Å². The van der Waals surface area contributed by atoms with Crippen LogP contribution in [-0.2, 0) is 25.6 Å². The van der Waals surface area contributed by atoms with Crippen molar-refractivity contribution in [2.24, 2.45) is 17.6 Å². The number of anilines is 1. The Balaban J connectivity index is 1.66. The van der Waals surface area contributed by atoms with Gasteiger partial charge in [-0.3, -0.25) is 24.1 Å². The number of halogens is 3. The number of nitrogens with one attached hydrogen (secondary N) is 2. The molecule has 0 aliphatic heterocycles. The number of alkyl halides is 3. The van der Waals surface area contributed by atoms with Gasteiger partial charge in [0, 0.05) is 29.2 Å². The molecule has 0 radical (unpaired) electrons. The first kappa shape index (κ1) is 30.3. The van der Waals surface area contributed by atoms with E-state index in [4.69, 9.17) is 5.73 Å². The van der Waals surface area contributed by atoms with Gasteiger partial charge in [0.25, 0.3) is 5.91 Å². The molecule has 2 saturated carbocycles. The summed E-state index contributed by atoms with van der Waals surface area (Å²) < 4.78 is 44.6. The van der Waals surface area contributed by atoms with Crippen molar-refractivity contribution >= 4 is 34.8 Å². The van der Waals surface area contributed by atoms with Crippen molar-refractivity contribution in [1.29, 1.82) is 0 Å². The van der Waals surface area contributed by atoms with Gasteiger partial charge in [0.15, 0.2) is 17.1 Å². The molecule has 13 nitrogen and oxygen atoms in total. The quantitative estimate of drug-likeness (QED) is 0.167. The average Bonchev–Trinajstić information content (AvgIpc) is 3.71. The van der Waals surface area contributed by atoms with Gasteiger partial charge in [-0.15, -0.1) is 13.2 Å². The lowest BCUT2D eigenvalue weighted by Crippen LogP contribution is -2.65. The van der Waals surface area contributed by atoms with E-state index in [1.54, 1.807) is 0 Å². The van der Waals surface area contributed by atoms with Gasteiger partial charge < -0.3 is 41.5 Å². The van der Waals surface area contributed by atoms with E-state index < -0.39 is 105 Å². The van der Waals surface area contributed by atoms with Gasteiger partial charge in [-0.25, -0.2) is 0 Å². The van der Waals surface area contributed by atoms with Gasteiger partial charge in [-0.1, -0.05) is 0 Å². The van der Waals surface area contributed by atoms with Crippen LogP contribution in [0.5, 0.6) is 11.5 Å². The Morgan fingerprint density at radius 2 is 1.84 bits per heavy atom. The standard InChI is InChI=1S/C27H29F3N4O9/c1-34(2)19-12-6-9-5-11-14(43-27(28,29)30)7-13(33-15(35)8-32-10-3-4-10)20(36)17(11)21(37)16(9)23(39)26(12,42)24(40)18(22(19)38)25(31)41/h7,9-10,12,19,32,36-37,40,42H,3-6,8H2,1-2H3,(H2,31,41)(H,33,35)/t9-,12-,19-,26-/m0/s1. The molecule has 2 amide bonds. The number of ketones is 2. The summed E-state index contributed by atoms with van der Waals surface area (Å²) in [6.45, 7) is -0.224. The van der Waals surface area contributed by atoms with Gasteiger partial charge in [-0.05, 0) is 45.7 Å². The lowest BCUT2D eigenvalue weighted by molar-refractivity contribution is -0.275. The van der Waals surface area contributed by atoms with Crippen LogP contribution in [0.4, 0.5) is 18.9 Å². The highest BCUT2D eigenvalue weighted by atomic mass is 19.4. The molecule has 0 spiro atoms. The van der Waals surface area contributed by atoms with E-state index >= 15 is 0 Å². The summed E-state index contributed by atoms with van der Waals surface area (Å²) in [7, 11) is 2.83. The molecule has 4 atom stereocenters. The number of rotatable bonds is 7. The van der Waals surface area contributed by atoms with Crippen molar-refractivity contribution in [2.75, 3.05) is 26.0 Å². The molecule has 43 heavy (non-hydrogen) atoms. The van der Waals surface area contributed by atoms with Gasteiger partial charge in [0.2, 0.25) is 11.7 Å². The van der Waals surface area contributed by atoms with Crippen LogP contribution in [-0.4, -0.2) is 93.4 Å². The maximum atomic E-state index is 13.9. The summed E-state index contributed by atoms with van der Waals surface area (Å²) >= 11 is 0. The lowest BCUT2D eigenvalue weighted by Gasteiger charge is -2.50. The van der Waals surface area contributed by atoms with E-state index in [-0.39, 0.29) is 24.6 Å². The number of hydrogen-bond acceptors (Lipinski definition) is 11. The number of phenols is 1. The molecule has 0 bridgehead atoms. The van der Waals surface area contributed by atoms with Crippen LogP contribution in [0.2, 0.25) is 0 Å². The normalized spacial score (nSPS) is 27.1. The molecule has 4 aliphatic carbocycles. The largest absolute Gasteiger partial charge is 0.573 e. The highest BCUT2D eigenvalue weighted by Gasteiger charge is 2.64. The molecule has 4 aliphatic rings. The number of likely N-dealkylation sites (N-methyl/N-ethyl adjacent to an activating group) is 1. The highest BCUT2D eigenvalue weighted by Crippen LogP contribution is 2.55. The van der Waals surface area contributed by atoms with E-state index in [1.807, 2.05) is 0 Å². The Labute approximate surface area is 241 Å². The van der Waals surface area contributed by atoms with Crippen LogP contribution in [0, 0.1) is 11.8 Å². The van der Waals surface area contributed by atoms with E-state index in [9.17, 15) is 52.8 Å². The number of fused-ring (bicyclic) bond motifs is 3. The van der Waals surface area contributed by atoms with Crippen LogP contribution in [0.3, 0.4) is 0 Å². The van der Waals surface area contributed by atoms with Crippen LogP contribution in [0.1, 0.15) is 30.4 Å². The summed E-state index contributed by atoms with van der Waals surface area (Å²) in [6.07, 6.45) is -4.30. The summed E-state index contributed by atoms with van der Waals surface area (Å²) in [5, 5.41) is 50.1. The number of hydrogen-bond donors (Lipinski definition) is 7. The lowest BCUT2D eigenvalue weighted by atomic mass is 9.57. The summed E-state index contributed by atoms with van der Waals surface area (Å²) in [5.74, 6) is -11.1. The van der Waals surface area contributed by atoms with E-state index in [2.05, 4.69) is 15.4 Å². The van der Waals surface area contributed by atoms with Crippen molar-refractivity contribution in [3.05, 3.63) is 34.1 Å². The number of nitrogens with zero attached hydrogens (tertiary/aromatic N) is 1. The van der Waals surface area contributed by atoms with Crippen molar-refractivity contribution < 1.29 is 57.5 Å². The summed E-state index contributed by atoms with van der Waals surface area (Å²) in [4.78, 5) is 52.9. The molecule has 232 valence electrons. The fraction of sp³-hybridized carbons (Fsp3) is 0.481. The predicted octanol–water partition coefficient (Wildman–Crippen LogP) is 0.553. The molecule has 0 saturated heterocycles. The van der Waals surface area contributed by atoms with Gasteiger partial charge in [0.1, 0.15) is 22.8 Å². The summed E-state index contributed by atoms with van der Waals surface area (Å²) in [6, 6.07) is -0.498. The third-order valence-corrected chi connectivity index (χ3v) is 8.31. The second kappa shape index (κ2) is 10.2. The molecular formula is C27H29F3N4O9. The zero-order valence-electron chi connectivity index (χ0n) is 22.9. The number of benzene rings is 1. The van der Waals surface area contributed by atoms with Gasteiger partial charge in [-0.2, -0.15) is 0 Å². The van der Waals surface area contributed by atoms with E-state index in [0.717, 1.165) is 18.9 Å². The molecule has 0 aromatic heterocycles. The zero-order chi connectivity index (χ0) is 31.8. The number of aromatic hydroxyl groups is 1. The van der Waals surface area contributed by atoms with Crippen LogP contribution >= 0.6 is 0 Å². The van der Waals surface area contributed by atoms with Crippen LogP contribution in [0.15, 0.2) is 23.0 Å². The monoisotopic (exact) mass is 610 g/mol. The SMILES string of the molecule is CN(C)[C@@H]1C(=O)C(C(N)=O)=C(O)[C@@]2(O)C(=O)C3=C(O)c4c(O)c(NC(=O)CNC5CC5)cc(OC(F)(F)F)c4C[C@H]3C[C@@H]12. The number of carbonyl (C=O) groups is 4. The first-order valence-electron chi connectivity index (χ1n) is 13.3. The van der Waals surface area contributed by atoms with E-state index in [1.165, 1.54) is 19.0 Å². The minimum absolute atomic E-state index is 0.118. The number of aliphatic hydroxyl groups excluding tert-OH is 2. The Hall–Kier alpha value is -4.15. The minimum Gasteiger partial charge on any atom is -0.508 e. The molecule has 16 heteroatoms. The van der Waals surface area contributed by atoms with Crippen LogP contribution in [0.25, 0.3) is 5.76 Å². The Morgan fingerprint density at radius 3 is 2.40 bits per heavy atom. The van der Waals surface area contributed by atoms with Crippen LogP contribution < -0.4 is 21.1 Å². The zero-order valence-corrected chi connectivity index (χ0v) is 22.9. The average molecular weight is 611 g/mol. The molecule has 0 heterocycles. The predicted molar refractivity (Wildman–Crippen MR) is 141 cm³/mol. The fourth-order valence-electron chi connectivity index (χ4n) is 6.31. The number of Topliss-reactive ketones (excluding diaryl/α,β-unsaturated/α-hetero) is 2. The molecule has 5 rings (SSSR count). The Morgan fingerprint density at radius 1 is 1.19 bits per heavy atom. The third-order valence-electron chi connectivity index (χ3n) is 8.31. The van der Waals surface area contributed by atoms with E-state index in [0.29, 0.717) is 0 Å². The second-order valence-corrected chi connectivity index (χ2v) is 11.3. The van der Waals surface area contributed by atoms with Crippen molar-refractivity contribution in [2.45, 2.75) is 49.7 Å². The van der Waals surface area contributed by atoms with Crippen molar-refractivity contribution in [1.82, 2.24) is 10.2 Å². The number of carbonyl (C=O) groups excluding carboxylic acids is 4. The third kappa shape index (κ3) is 4.98. The number of amides is 2. The maximum absolute atomic E-state index is 13.9. The number of primary amides is 1. The number of nitrogens with two attached hydrogens (primary N) is 1. The second-order valence-electron chi connectivity index (χ2n) is 11.3. The maximum Gasteiger partial charge on any atom is 0.573 e. The number of phenolic OH excluding ortho intramolecular Hbond substituents is 1.